The predicted octanol–water partition coefficient (Wildman–Crippen LogP) is -0.0890. The number of carbonyl (C=O) groups excluding carboxylic acids is 1. The van der Waals surface area contributed by atoms with Crippen LogP contribution in [0.25, 0.3) is 0 Å². The zero-order valence-electron chi connectivity index (χ0n) is 11.7. The van der Waals surface area contributed by atoms with Gasteiger partial charge in [0.1, 0.15) is 5.75 Å². The van der Waals surface area contributed by atoms with Crippen LogP contribution in [0.2, 0.25) is 0 Å². The quantitative estimate of drug-likeness (QED) is 0.532. The topological polar surface area (TPSA) is 111 Å². The average molecular weight is 281 g/mol. The van der Waals surface area contributed by atoms with Gasteiger partial charge >= 0.3 is 0 Å². The number of aliphatic hydroxyl groups is 1. The molecule has 1 unspecified atom stereocenters. The molecule has 0 bridgehead atoms. The van der Waals surface area contributed by atoms with Crippen molar-refractivity contribution in [2.75, 3.05) is 20.3 Å². The highest BCUT2D eigenvalue weighted by Gasteiger charge is 2.18. The van der Waals surface area contributed by atoms with Crippen LogP contribution < -0.4 is 21.5 Å². The van der Waals surface area contributed by atoms with Crippen LogP contribution in [-0.4, -0.2) is 37.3 Å². The Hall–Kier alpha value is -1.63. The molecule has 2 atom stereocenters. The van der Waals surface area contributed by atoms with Gasteiger partial charge in [0.2, 0.25) is 5.91 Å². The van der Waals surface area contributed by atoms with E-state index < -0.39 is 12.1 Å². The first-order valence-electron chi connectivity index (χ1n) is 6.63. The average Bonchev–Trinajstić information content (AvgIpc) is 2.50. The Labute approximate surface area is 119 Å². The molecule has 0 radical (unpaired) electrons. The van der Waals surface area contributed by atoms with Gasteiger partial charge in [-0.25, -0.2) is 0 Å². The number of hydrogen-bond acceptors (Lipinski definition) is 5. The lowest BCUT2D eigenvalue weighted by molar-refractivity contribution is -0.123. The van der Waals surface area contributed by atoms with Crippen LogP contribution in [0.5, 0.6) is 5.75 Å². The lowest BCUT2D eigenvalue weighted by atomic mass is 10.1. The maximum absolute atomic E-state index is 11.9. The number of nitrogens with one attached hydrogen (secondary N) is 1. The smallest absolute Gasteiger partial charge is 0.237 e. The van der Waals surface area contributed by atoms with E-state index in [1.807, 2.05) is 0 Å². The van der Waals surface area contributed by atoms with Gasteiger partial charge in [-0.15, -0.1) is 0 Å². The van der Waals surface area contributed by atoms with Gasteiger partial charge in [0.25, 0.3) is 0 Å². The zero-order chi connectivity index (χ0) is 15.0. The second-order valence-corrected chi connectivity index (χ2v) is 4.55. The van der Waals surface area contributed by atoms with Crippen molar-refractivity contribution in [2.45, 2.75) is 24.9 Å². The molecule has 1 aromatic rings. The molecule has 6 nitrogen and oxygen atoms in total. The standard InChI is InChI=1S/C14H23N3O3/c1-20-11-6-4-10(5-7-11)13(9-18)17-14(19)12(16)3-2-8-15/h4-7,12-13,18H,2-3,8-9,15-16H2,1H3,(H,17,19)/t12-,13?/m0/s1. The minimum Gasteiger partial charge on any atom is -0.497 e. The summed E-state index contributed by atoms with van der Waals surface area (Å²) in [6.07, 6.45) is 1.23. The van der Waals surface area contributed by atoms with E-state index in [0.717, 1.165) is 11.3 Å². The molecule has 0 aliphatic rings. The Morgan fingerprint density at radius 2 is 2.05 bits per heavy atom. The van der Waals surface area contributed by atoms with Crippen molar-refractivity contribution in [3.8, 4) is 5.75 Å². The molecular formula is C14H23N3O3. The second kappa shape index (κ2) is 8.52. The maximum atomic E-state index is 11.9. The molecule has 112 valence electrons. The van der Waals surface area contributed by atoms with E-state index in [-0.39, 0.29) is 12.5 Å². The number of carbonyl (C=O) groups is 1. The first-order chi connectivity index (χ1) is 9.62. The van der Waals surface area contributed by atoms with Crippen molar-refractivity contribution in [3.63, 3.8) is 0 Å². The molecule has 0 heterocycles. The first kappa shape index (κ1) is 16.4. The Balaban J connectivity index is 2.63. The summed E-state index contributed by atoms with van der Waals surface area (Å²) in [6, 6.07) is 6.07. The summed E-state index contributed by atoms with van der Waals surface area (Å²) in [5.74, 6) is 0.435. The molecule has 6 N–H and O–H groups in total. The Kier molecular flexibility index (Phi) is 7.00. The molecular weight excluding hydrogens is 258 g/mol. The van der Waals surface area contributed by atoms with Crippen LogP contribution in [0.4, 0.5) is 0 Å². The number of aliphatic hydroxyl groups excluding tert-OH is 1. The van der Waals surface area contributed by atoms with Gasteiger partial charge in [-0.3, -0.25) is 4.79 Å². The molecule has 0 aliphatic carbocycles. The normalized spacial score (nSPS) is 13.6. The molecule has 6 heteroatoms. The molecule has 0 saturated heterocycles. The summed E-state index contributed by atoms with van der Waals surface area (Å²) in [5, 5.41) is 12.1. The monoisotopic (exact) mass is 281 g/mol. The summed E-state index contributed by atoms with van der Waals surface area (Å²) < 4.78 is 5.06. The summed E-state index contributed by atoms with van der Waals surface area (Å²) in [7, 11) is 1.58. The number of hydrogen-bond donors (Lipinski definition) is 4. The van der Waals surface area contributed by atoms with Crippen molar-refractivity contribution in [1.82, 2.24) is 5.32 Å². The highest BCUT2D eigenvalue weighted by Crippen LogP contribution is 2.17. The minimum atomic E-state index is -0.606. The minimum absolute atomic E-state index is 0.193. The van der Waals surface area contributed by atoms with E-state index in [0.29, 0.717) is 19.4 Å². The Morgan fingerprint density at radius 1 is 1.40 bits per heavy atom. The fraction of sp³-hybridized carbons (Fsp3) is 0.500. The predicted molar refractivity (Wildman–Crippen MR) is 77.2 cm³/mol. The van der Waals surface area contributed by atoms with Crippen molar-refractivity contribution in [3.05, 3.63) is 29.8 Å². The number of nitrogens with two attached hydrogens (primary N) is 2. The number of amides is 1. The highest BCUT2D eigenvalue weighted by molar-refractivity contribution is 5.81. The first-order valence-corrected chi connectivity index (χ1v) is 6.63. The van der Waals surface area contributed by atoms with Crippen molar-refractivity contribution < 1.29 is 14.6 Å². The molecule has 0 spiro atoms. The Bertz CT molecular complexity index is 409. The van der Waals surface area contributed by atoms with E-state index in [4.69, 9.17) is 16.2 Å². The van der Waals surface area contributed by atoms with Crippen molar-refractivity contribution in [2.24, 2.45) is 11.5 Å². The van der Waals surface area contributed by atoms with Gasteiger partial charge < -0.3 is 26.6 Å². The van der Waals surface area contributed by atoms with Crippen LogP contribution in [0.1, 0.15) is 24.4 Å². The zero-order valence-corrected chi connectivity index (χ0v) is 11.7. The van der Waals surface area contributed by atoms with Gasteiger partial charge in [-0.1, -0.05) is 12.1 Å². The van der Waals surface area contributed by atoms with Crippen LogP contribution in [0.15, 0.2) is 24.3 Å². The van der Waals surface area contributed by atoms with Gasteiger partial charge in [0.05, 0.1) is 25.8 Å². The summed E-state index contributed by atoms with van der Waals surface area (Å²) in [4.78, 5) is 11.9. The van der Waals surface area contributed by atoms with E-state index in [2.05, 4.69) is 5.32 Å². The number of rotatable bonds is 8. The Morgan fingerprint density at radius 3 is 2.55 bits per heavy atom. The SMILES string of the molecule is COc1ccc(C(CO)NC(=O)[C@@H](N)CCCN)cc1. The highest BCUT2D eigenvalue weighted by atomic mass is 16.5. The van der Waals surface area contributed by atoms with E-state index >= 15 is 0 Å². The molecule has 1 amide bonds. The maximum Gasteiger partial charge on any atom is 0.237 e. The summed E-state index contributed by atoms with van der Waals surface area (Å²) in [5.41, 5.74) is 11.9. The lowest BCUT2D eigenvalue weighted by Crippen LogP contribution is -2.43. The van der Waals surface area contributed by atoms with E-state index in [9.17, 15) is 9.90 Å². The fourth-order valence-corrected chi connectivity index (χ4v) is 1.82. The number of benzene rings is 1. The molecule has 0 saturated carbocycles. The third kappa shape index (κ3) is 4.80. The molecule has 0 fully saturated rings. The molecule has 1 aromatic carbocycles. The third-order valence-corrected chi connectivity index (χ3v) is 3.07. The lowest BCUT2D eigenvalue weighted by Gasteiger charge is -2.19. The van der Waals surface area contributed by atoms with Crippen molar-refractivity contribution >= 4 is 5.91 Å². The third-order valence-electron chi connectivity index (χ3n) is 3.07. The summed E-state index contributed by atoms with van der Waals surface area (Å²) in [6.45, 7) is 0.310. The summed E-state index contributed by atoms with van der Waals surface area (Å²) >= 11 is 0. The molecule has 20 heavy (non-hydrogen) atoms. The van der Waals surface area contributed by atoms with Gasteiger partial charge in [0, 0.05) is 0 Å². The van der Waals surface area contributed by atoms with Gasteiger partial charge in [0.15, 0.2) is 0 Å². The van der Waals surface area contributed by atoms with Gasteiger partial charge in [-0.05, 0) is 37.1 Å². The molecule has 1 rings (SSSR count). The van der Waals surface area contributed by atoms with Crippen LogP contribution >= 0.6 is 0 Å². The fourth-order valence-electron chi connectivity index (χ4n) is 1.82. The van der Waals surface area contributed by atoms with Crippen LogP contribution in [0, 0.1) is 0 Å². The number of methoxy groups -OCH3 is 1. The van der Waals surface area contributed by atoms with Crippen LogP contribution in [-0.2, 0) is 4.79 Å². The molecule has 0 aromatic heterocycles. The van der Waals surface area contributed by atoms with Gasteiger partial charge in [-0.2, -0.15) is 0 Å². The van der Waals surface area contributed by atoms with E-state index in [1.54, 1.807) is 31.4 Å². The largest absolute Gasteiger partial charge is 0.497 e. The van der Waals surface area contributed by atoms with E-state index in [1.165, 1.54) is 0 Å². The van der Waals surface area contributed by atoms with Crippen LogP contribution in [0.3, 0.4) is 0 Å². The van der Waals surface area contributed by atoms with Crippen molar-refractivity contribution in [1.29, 1.82) is 0 Å². The molecule has 0 aliphatic heterocycles. The second-order valence-electron chi connectivity index (χ2n) is 4.55. The number of ether oxygens (including phenoxy) is 1.